The Morgan fingerprint density at radius 3 is 2.36 bits per heavy atom. The number of nitrogens with one attached hydrogen (secondary N) is 1. The lowest BCUT2D eigenvalue weighted by Crippen LogP contribution is -2.28. The molecule has 36 heavy (non-hydrogen) atoms. The maximum Gasteiger partial charge on any atom is 0.263 e. The van der Waals surface area contributed by atoms with E-state index in [4.69, 9.17) is 0 Å². The van der Waals surface area contributed by atoms with Crippen molar-refractivity contribution in [2.45, 2.75) is 57.8 Å². The minimum Gasteiger partial charge on any atom is -0.350 e. The fourth-order valence-corrected chi connectivity index (χ4v) is 4.44. The average molecular weight is 522 g/mol. The van der Waals surface area contributed by atoms with E-state index in [-0.39, 0.29) is 29.0 Å². The number of sulfone groups is 1. The number of benzene rings is 2. The summed E-state index contributed by atoms with van der Waals surface area (Å²) in [6.45, 7) is 7.61. The molecule has 194 valence electrons. The van der Waals surface area contributed by atoms with Gasteiger partial charge in [-0.25, -0.2) is 26.3 Å². The monoisotopic (exact) mass is 521 g/mol. The van der Waals surface area contributed by atoms with Gasteiger partial charge in [0.25, 0.3) is 6.43 Å². The molecule has 3 aromatic rings. The number of carbonyl (C=O) groups excluding carboxylic acids is 1. The summed E-state index contributed by atoms with van der Waals surface area (Å²) in [6.07, 6.45) is -1.61. The molecule has 1 amide bonds. The highest BCUT2D eigenvalue weighted by Gasteiger charge is 2.23. The molecular weight excluding hydrogens is 491 g/mol. The van der Waals surface area contributed by atoms with Crippen LogP contribution in [0, 0.1) is 5.82 Å². The number of hydrogen-bond donors (Lipinski definition) is 1. The van der Waals surface area contributed by atoms with E-state index in [1.165, 1.54) is 41.1 Å². The van der Waals surface area contributed by atoms with E-state index < -0.39 is 33.8 Å². The van der Waals surface area contributed by atoms with Gasteiger partial charge in [0.05, 0.1) is 35.3 Å². The van der Waals surface area contributed by atoms with Crippen molar-refractivity contribution in [2.24, 2.45) is 0 Å². The quantitative estimate of drug-likeness (QED) is 0.441. The second-order valence-corrected chi connectivity index (χ2v) is 12.1. The van der Waals surface area contributed by atoms with Gasteiger partial charge in [-0.2, -0.15) is 5.10 Å². The highest BCUT2D eigenvalue weighted by molar-refractivity contribution is 7.89. The first-order valence-corrected chi connectivity index (χ1v) is 13.4. The van der Waals surface area contributed by atoms with Crippen LogP contribution in [0.4, 0.5) is 13.2 Å². The third-order valence-corrected chi connectivity index (χ3v) is 6.59. The van der Waals surface area contributed by atoms with Crippen LogP contribution in [-0.4, -0.2) is 30.4 Å². The van der Waals surface area contributed by atoms with Crippen molar-refractivity contribution in [3.05, 3.63) is 82.4 Å². The van der Waals surface area contributed by atoms with Crippen LogP contribution in [0.1, 0.15) is 68.1 Å². The zero-order valence-corrected chi connectivity index (χ0v) is 21.7. The maximum atomic E-state index is 14.4. The lowest BCUT2D eigenvalue weighted by Gasteiger charge is -2.15. The summed E-state index contributed by atoms with van der Waals surface area (Å²) in [5.41, 5.74) is 1.76. The predicted octanol–water partition coefficient (Wildman–Crippen LogP) is 5.21. The van der Waals surface area contributed by atoms with Gasteiger partial charge >= 0.3 is 0 Å². The number of alkyl halides is 2. The van der Waals surface area contributed by atoms with E-state index in [1.54, 1.807) is 13.0 Å². The van der Waals surface area contributed by atoms with Gasteiger partial charge in [0, 0.05) is 22.8 Å². The molecule has 1 aromatic heterocycles. The van der Waals surface area contributed by atoms with Gasteiger partial charge in [-0.3, -0.25) is 4.79 Å². The summed E-state index contributed by atoms with van der Waals surface area (Å²) < 4.78 is 65.4. The van der Waals surface area contributed by atoms with Crippen molar-refractivity contribution < 1.29 is 26.4 Å². The van der Waals surface area contributed by atoms with Crippen LogP contribution in [0.15, 0.2) is 48.5 Å². The Kier molecular flexibility index (Phi) is 7.97. The topological polar surface area (TPSA) is 81.1 Å². The lowest BCUT2D eigenvalue weighted by atomic mass is 9.92. The summed E-state index contributed by atoms with van der Waals surface area (Å²) in [5, 5.41) is 7.42. The van der Waals surface area contributed by atoms with Crippen molar-refractivity contribution in [3.63, 3.8) is 0 Å². The Balaban J connectivity index is 1.83. The van der Waals surface area contributed by atoms with Gasteiger partial charge in [0.1, 0.15) is 5.82 Å². The SMILES string of the molecule is CC(C(=O)NCc1cc(C(C)(C)C)nn1-c1cccc(C(F)F)c1)c1ccc(CS(C)(=O)=O)c(F)c1. The molecule has 10 heteroatoms. The summed E-state index contributed by atoms with van der Waals surface area (Å²) in [6, 6.07) is 11.8. The fourth-order valence-electron chi connectivity index (χ4n) is 3.64. The molecule has 3 rings (SSSR count). The van der Waals surface area contributed by atoms with Gasteiger partial charge in [-0.1, -0.05) is 45.0 Å². The average Bonchev–Trinajstić information content (AvgIpc) is 3.22. The number of rotatable bonds is 8. The Bertz CT molecular complexity index is 1360. The van der Waals surface area contributed by atoms with Crippen molar-refractivity contribution in [3.8, 4) is 5.69 Å². The maximum absolute atomic E-state index is 14.4. The first kappa shape index (κ1) is 27.4. The van der Waals surface area contributed by atoms with E-state index in [9.17, 15) is 26.4 Å². The molecule has 0 fully saturated rings. The normalized spacial score (nSPS) is 13.1. The smallest absolute Gasteiger partial charge is 0.263 e. The summed E-state index contributed by atoms with van der Waals surface area (Å²) in [7, 11) is -3.40. The largest absolute Gasteiger partial charge is 0.350 e. The van der Waals surface area contributed by atoms with Crippen LogP contribution in [-0.2, 0) is 32.3 Å². The fraction of sp³-hybridized carbons (Fsp3) is 0.385. The zero-order valence-electron chi connectivity index (χ0n) is 20.8. The van der Waals surface area contributed by atoms with E-state index in [2.05, 4.69) is 10.4 Å². The van der Waals surface area contributed by atoms with Crippen LogP contribution in [0.5, 0.6) is 0 Å². The zero-order chi connectivity index (χ0) is 26.8. The van der Waals surface area contributed by atoms with E-state index in [0.29, 0.717) is 16.9 Å². The Morgan fingerprint density at radius 2 is 1.78 bits per heavy atom. The summed E-state index contributed by atoms with van der Waals surface area (Å²) in [4.78, 5) is 12.9. The van der Waals surface area contributed by atoms with Gasteiger partial charge < -0.3 is 5.32 Å². The second-order valence-electron chi connectivity index (χ2n) is 9.94. The third-order valence-electron chi connectivity index (χ3n) is 5.75. The number of aromatic nitrogens is 2. The molecule has 1 heterocycles. The van der Waals surface area contributed by atoms with E-state index in [0.717, 1.165) is 11.9 Å². The van der Waals surface area contributed by atoms with Crippen LogP contribution in [0.25, 0.3) is 5.69 Å². The van der Waals surface area contributed by atoms with Crippen molar-refractivity contribution in [1.82, 2.24) is 15.1 Å². The van der Waals surface area contributed by atoms with Crippen LogP contribution in [0.2, 0.25) is 0 Å². The number of carbonyl (C=O) groups is 1. The minimum absolute atomic E-state index is 0.0403. The molecule has 0 saturated heterocycles. The van der Waals surface area contributed by atoms with Crippen LogP contribution in [0.3, 0.4) is 0 Å². The number of nitrogens with zero attached hydrogens (tertiary/aromatic N) is 2. The van der Waals surface area contributed by atoms with E-state index >= 15 is 0 Å². The first-order chi connectivity index (χ1) is 16.7. The number of hydrogen-bond acceptors (Lipinski definition) is 4. The second kappa shape index (κ2) is 10.5. The highest BCUT2D eigenvalue weighted by atomic mass is 32.2. The Hall–Kier alpha value is -3.14. The Morgan fingerprint density at radius 1 is 1.08 bits per heavy atom. The molecule has 0 spiro atoms. The summed E-state index contributed by atoms with van der Waals surface area (Å²) in [5.74, 6) is -2.21. The van der Waals surface area contributed by atoms with Crippen LogP contribution < -0.4 is 5.32 Å². The van der Waals surface area contributed by atoms with Crippen molar-refractivity contribution in [1.29, 1.82) is 0 Å². The van der Waals surface area contributed by atoms with Crippen molar-refractivity contribution >= 4 is 15.7 Å². The summed E-state index contributed by atoms with van der Waals surface area (Å²) >= 11 is 0. The molecule has 1 unspecified atom stereocenters. The van der Waals surface area contributed by atoms with Gasteiger partial charge in [-0.15, -0.1) is 0 Å². The first-order valence-electron chi connectivity index (χ1n) is 11.4. The molecule has 1 atom stereocenters. The molecule has 2 aromatic carbocycles. The Labute approximate surface area is 209 Å². The molecule has 0 bridgehead atoms. The van der Waals surface area contributed by atoms with Gasteiger partial charge in [-0.05, 0) is 36.8 Å². The molecule has 1 N–H and O–H groups in total. The molecule has 6 nitrogen and oxygen atoms in total. The van der Waals surface area contributed by atoms with Gasteiger partial charge in [0.15, 0.2) is 9.84 Å². The molecular formula is C26H30F3N3O3S. The molecule has 0 radical (unpaired) electrons. The van der Waals surface area contributed by atoms with E-state index in [1.807, 2.05) is 26.8 Å². The highest BCUT2D eigenvalue weighted by Crippen LogP contribution is 2.26. The standard InChI is InChI=1S/C26H30F3N3O3S/c1-16(17-9-10-19(22(27)12-17)15-36(5,34)35)25(33)30-14-21-13-23(26(2,3)4)31-32(21)20-8-6-7-18(11-20)24(28)29/h6-13,16,24H,14-15H2,1-5H3,(H,30,33). The lowest BCUT2D eigenvalue weighted by molar-refractivity contribution is -0.122. The van der Waals surface area contributed by atoms with Gasteiger partial charge in [0.2, 0.25) is 5.91 Å². The predicted molar refractivity (Wildman–Crippen MR) is 132 cm³/mol. The third kappa shape index (κ3) is 6.75. The molecule has 0 aliphatic carbocycles. The van der Waals surface area contributed by atoms with Crippen molar-refractivity contribution in [2.75, 3.05) is 6.26 Å². The molecule has 0 aliphatic rings. The molecule has 0 aliphatic heterocycles. The van der Waals surface area contributed by atoms with Crippen LogP contribution >= 0.6 is 0 Å². The molecule has 0 saturated carbocycles. The number of amides is 1. The minimum atomic E-state index is -3.40. The number of halogens is 3.